The minimum absolute atomic E-state index is 0.0427. The van der Waals surface area contributed by atoms with Crippen molar-refractivity contribution < 1.29 is 38.4 Å². The van der Waals surface area contributed by atoms with Crippen LogP contribution in [0.4, 0.5) is 15.3 Å². The number of aliphatic hydroxyl groups is 1. The van der Waals surface area contributed by atoms with Crippen molar-refractivity contribution in [3.63, 3.8) is 0 Å². The molecule has 1 aliphatic heterocycles. The second kappa shape index (κ2) is 20.0. The first-order chi connectivity index (χ1) is 22.3. The van der Waals surface area contributed by atoms with Crippen LogP contribution in [-0.2, 0) is 25.4 Å². The molecule has 1 aromatic rings. The predicted molar refractivity (Wildman–Crippen MR) is 182 cm³/mol. The van der Waals surface area contributed by atoms with Gasteiger partial charge >= 0.3 is 12.2 Å². The molecule has 3 amide bonds. The van der Waals surface area contributed by atoms with Crippen LogP contribution < -0.4 is 21.1 Å². The van der Waals surface area contributed by atoms with Crippen molar-refractivity contribution in [2.75, 3.05) is 45.7 Å². The Bertz CT molecular complexity index is 1240. The summed E-state index contributed by atoms with van der Waals surface area (Å²) in [5, 5.41) is 17.5. The van der Waals surface area contributed by atoms with Gasteiger partial charge < -0.3 is 45.3 Å². The third kappa shape index (κ3) is 12.9. The zero-order valence-corrected chi connectivity index (χ0v) is 29.3. The summed E-state index contributed by atoms with van der Waals surface area (Å²) in [6.45, 7) is 13.8. The molecular formula is C35H56N4O8. The van der Waals surface area contributed by atoms with E-state index in [2.05, 4.69) is 17.6 Å². The first kappa shape index (κ1) is 39.7. The number of methoxy groups -OCH3 is 2. The Balaban J connectivity index is 2.50. The number of fused-ring (bicyclic) bond motifs is 2. The molecule has 0 aromatic heterocycles. The lowest BCUT2D eigenvalue weighted by molar-refractivity contribution is -0.112. The first-order valence-electron chi connectivity index (χ1n) is 16.5. The van der Waals surface area contributed by atoms with Crippen LogP contribution in [0.15, 0.2) is 41.5 Å². The summed E-state index contributed by atoms with van der Waals surface area (Å²) in [6, 6.07) is 5.32. The molecule has 0 unspecified atom stereocenters. The summed E-state index contributed by atoms with van der Waals surface area (Å²) in [7, 11) is 3.09. The highest BCUT2D eigenvalue weighted by molar-refractivity contribution is 6.03. The van der Waals surface area contributed by atoms with Gasteiger partial charge in [0.1, 0.15) is 5.75 Å². The SMILES string of the molecule is CCNCCN(CC)C(=O)Oc1cc2cc(c1)NC(=O)/C(C)=C/CC[C@H](OC)[C@@H](OC(N)=O)/C(C)=C/[C@H](C)[C@@H](O)[C@@H](OC)C[C@H](C)C2. The number of likely N-dealkylation sites (N-methyl/N-ethyl adjacent to an activating group) is 2. The van der Waals surface area contributed by atoms with Gasteiger partial charge in [-0.25, -0.2) is 9.59 Å². The number of aliphatic hydroxyl groups excluding tert-OH is 1. The number of nitrogens with one attached hydrogen (secondary N) is 2. The Kier molecular flexibility index (Phi) is 16.9. The second-order valence-electron chi connectivity index (χ2n) is 12.3. The quantitative estimate of drug-likeness (QED) is 0.215. The lowest BCUT2D eigenvalue weighted by Gasteiger charge is -2.30. The van der Waals surface area contributed by atoms with Gasteiger partial charge in [-0.05, 0) is 82.2 Å². The van der Waals surface area contributed by atoms with Crippen molar-refractivity contribution in [2.24, 2.45) is 17.6 Å². The summed E-state index contributed by atoms with van der Waals surface area (Å²) in [5.41, 5.74) is 7.92. The number of carbonyl (C=O) groups excluding carboxylic acids is 3. The fourth-order valence-corrected chi connectivity index (χ4v) is 5.81. The number of primary amides is 1. The number of ether oxygens (including phenoxy) is 4. The molecule has 12 nitrogen and oxygen atoms in total. The van der Waals surface area contributed by atoms with Crippen molar-refractivity contribution in [3.05, 3.63) is 47.1 Å². The Labute approximate surface area is 280 Å². The smallest absolute Gasteiger partial charge is 0.415 e. The van der Waals surface area contributed by atoms with Gasteiger partial charge in [0.2, 0.25) is 0 Å². The van der Waals surface area contributed by atoms with E-state index >= 15 is 0 Å². The van der Waals surface area contributed by atoms with Crippen LogP contribution >= 0.6 is 0 Å². The van der Waals surface area contributed by atoms with Gasteiger partial charge in [-0.15, -0.1) is 0 Å². The lowest BCUT2D eigenvalue weighted by atomic mass is 9.88. The Morgan fingerprint density at radius 3 is 2.43 bits per heavy atom. The molecule has 2 bridgehead atoms. The van der Waals surface area contributed by atoms with E-state index in [1.165, 1.54) is 7.11 Å². The number of allylic oxidation sites excluding steroid dienone is 1. The average molecular weight is 661 g/mol. The van der Waals surface area contributed by atoms with E-state index < -0.39 is 36.6 Å². The molecule has 47 heavy (non-hydrogen) atoms. The third-order valence-electron chi connectivity index (χ3n) is 8.44. The topological polar surface area (TPSA) is 162 Å². The van der Waals surface area contributed by atoms with Crippen LogP contribution in [0.3, 0.4) is 0 Å². The van der Waals surface area contributed by atoms with E-state index in [1.807, 2.05) is 45.9 Å². The minimum atomic E-state index is -0.936. The van der Waals surface area contributed by atoms with Gasteiger partial charge in [-0.3, -0.25) is 4.79 Å². The van der Waals surface area contributed by atoms with Gasteiger partial charge in [0.25, 0.3) is 5.91 Å². The van der Waals surface area contributed by atoms with Crippen molar-refractivity contribution in [2.45, 2.75) is 91.6 Å². The zero-order valence-electron chi connectivity index (χ0n) is 29.3. The lowest BCUT2D eigenvalue weighted by Crippen LogP contribution is -2.38. The van der Waals surface area contributed by atoms with Crippen LogP contribution in [0, 0.1) is 11.8 Å². The number of hydrogen-bond donors (Lipinski definition) is 4. The molecule has 1 aromatic carbocycles. The van der Waals surface area contributed by atoms with Crippen molar-refractivity contribution in [1.82, 2.24) is 10.2 Å². The highest BCUT2D eigenvalue weighted by atomic mass is 16.6. The molecule has 0 saturated heterocycles. The molecule has 0 fully saturated rings. The maximum atomic E-state index is 13.3. The average Bonchev–Trinajstić information content (AvgIpc) is 3.01. The molecule has 0 radical (unpaired) electrons. The number of amides is 3. The first-order valence-corrected chi connectivity index (χ1v) is 16.5. The molecule has 1 aliphatic rings. The van der Waals surface area contributed by atoms with Crippen LogP contribution in [-0.4, -0.2) is 92.9 Å². The van der Waals surface area contributed by atoms with E-state index in [4.69, 9.17) is 24.7 Å². The molecule has 5 N–H and O–H groups in total. The monoisotopic (exact) mass is 660 g/mol. The third-order valence-corrected chi connectivity index (χ3v) is 8.44. The highest BCUT2D eigenvalue weighted by Gasteiger charge is 2.30. The van der Waals surface area contributed by atoms with E-state index in [9.17, 15) is 19.5 Å². The van der Waals surface area contributed by atoms with E-state index in [0.717, 1.165) is 12.1 Å². The molecule has 0 spiro atoms. The summed E-state index contributed by atoms with van der Waals surface area (Å²) in [6.07, 6.45) is 1.52. The molecule has 0 aliphatic carbocycles. The number of hydrogen-bond acceptors (Lipinski definition) is 9. The van der Waals surface area contributed by atoms with Gasteiger partial charge in [0.15, 0.2) is 6.10 Å². The number of carbonyl (C=O) groups is 3. The molecule has 1 heterocycles. The van der Waals surface area contributed by atoms with Gasteiger partial charge in [0, 0.05) is 57.1 Å². The van der Waals surface area contributed by atoms with Crippen LogP contribution in [0.25, 0.3) is 0 Å². The van der Waals surface area contributed by atoms with Crippen molar-refractivity contribution >= 4 is 23.8 Å². The van der Waals surface area contributed by atoms with Gasteiger partial charge in [0.05, 0.1) is 18.3 Å². The van der Waals surface area contributed by atoms with Crippen LogP contribution in [0.2, 0.25) is 0 Å². The van der Waals surface area contributed by atoms with Crippen molar-refractivity contribution in [1.29, 1.82) is 0 Å². The maximum absolute atomic E-state index is 13.3. The molecule has 12 heteroatoms. The Morgan fingerprint density at radius 2 is 1.81 bits per heavy atom. The van der Waals surface area contributed by atoms with E-state index in [1.54, 1.807) is 31.1 Å². The van der Waals surface area contributed by atoms with Crippen LogP contribution in [0.1, 0.15) is 66.4 Å². The predicted octanol–water partition coefficient (Wildman–Crippen LogP) is 4.80. The molecular weight excluding hydrogens is 604 g/mol. The number of anilines is 1. The highest BCUT2D eigenvalue weighted by Crippen LogP contribution is 2.28. The maximum Gasteiger partial charge on any atom is 0.415 e. The van der Waals surface area contributed by atoms with Gasteiger partial charge in [-0.1, -0.05) is 32.9 Å². The summed E-state index contributed by atoms with van der Waals surface area (Å²) < 4.78 is 22.7. The number of nitrogens with two attached hydrogens (primary N) is 1. The molecule has 264 valence electrons. The molecule has 6 atom stereocenters. The fraction of sp³-hybridized carbons (Fsp3) is 0.629. The van der Waals surface area contributed by atoms with Crippen LogP contribution in [0.5, 0.6) is 5.75 Å². The minimum Gasteiger partial charge on any atom is -0.439 e. The second-order valence-corrected chi connectivity index (χ2v) is 12.3. The largest absolute Gasteiger partial charge is 0.439 e. The van der Waals surface area contributed by atoms with Gasteiger partial charge in [-0.2, -0.15) is 0 Å². The summed E-state index contributed by atoms with van der Waals surface area (Å²) in [4.78, 5) is 39.7. The number of benzene rings is 1. The Morgan fingerprint density at radius 1 is 1.11 bits per heavy atom. The van der Waals surface area contributed by atoms with E-state index in [-0.39, 0.29) is 17.7 Å². The normalized spacial score (nSPS) is 27.0. The molecule has 2 rings (SSSR count). The molecule has 0 saturated carbocycles. The fourth-order valence-electron chi connectivity index (χ4n) is 5.81. The number of nitrogens with zero attached hydrogens (tertiary/aromatic N) is 1. The Hall–Kier alpha value is -3.45. The number of rotatable bonds is 9. The standard InChI is InChI=1S/C35H56N4O8/c1-9-37-14-15-39(10-2)35(43)46-28-20-26-16-22(3)17-30(45-8)31(40)24(5)18-25(6)32(47-34(36)42)29(44-7)13-11-12-23(4)33(41)38-27(19-26)21-28/h12,18-22,24,29-32,37,40H,9-11,13-17H2,1-8H3,(H2,36,42)(H,38,41)/b23-12+,25-18+/t22-,24+,29+,30+,31-,32+/m1/s1. The summed E-state index contributed by atoms with van der Waals surface area (Å²) >= 11 is 0. The zero-order chi connectivity index (χ0) is 35.1. The summed E-state index contributed by atoms with van der Waals surface area (Å²) in [5.74, 6) is -0.290. The van der Waals surface area contributed by atoms with Crippen molar-refractivity contribution in [3.8, 4) is 5.75 Å². The van der Waals surface area contributed by atoms with E-state index in [0.29, 0.717) is 67.9 Å².